The van der Waals surface area contributed by atoms with E-state index in [1.807, 2.05) is 0 Å². The third kappa shape index (κ3) is 4.84. The maximum absolute atomic E-state index is 5.84. The van der Waals surface area contributed by atoms with E-state index >= 15 is 0 Å². The minimum atomic E-state index is 0.587. The summed E-state index contributed by atoms with van der Waals surface area (Å²) in [5, 5.41) is 3.60. The van der Waals surface area contributed by atoms with Crippen molar-refractivity contribution in [1.82, 2.24) is 5.32 Å². The molecular formula is C14H27NO. The van der Waals surface area contributed by atoms with Crippen LogP contribution in [0.4, 0.5) is 0 Å². The third-order valence-electron chi connectivity index (χ3n) is 3.85. The summed E-state index contributed by atoms with van der Waals surface area (Å²) in [6, 6.07) is 0.707. The lowest BCUT2D eigenvalue weighted by molar-refractivity contribution is 0.0566. The first-order valence-electron chi connectivity index (χ1n) is 7.19. The van der Waals surface area contributed by atoms with Gasteiger partial charge in [-0.15, -0.1) is 0 Å². The lowest BCUT2D eigenvalue weighted by atomic mass is 10.1. The van der Waals surface area contributed by atoms with Gasteiger partial charge in [0.25, 0.3) is 0 Å². The molecule has 0 aliphatic heterocycles. The van der Waals surface area contributed by atoms with Crippen molar-refractivity contribution in [2.24, 2.45) is 5.92 Å². The van der Waals surface area contributed by atoms with Gasteiger partial charge in [0.2, 0.25) is 0 Å². The average molecular weight is 225 g/mol. The van der Waals surface area contributed by atoms with E-state index in [1.54, 1.807) is 0 Å². The predicted octanol–water partition coefficient (Wildman–Crippen LogP) is 3.11. The number of hydrogen-bond acceptors (Lipinski definition) is 2. The van der Waals surface area contributed by atoms with Crippen LogP contribution in [-0.2, 0) is 4.74 Å². The number of nitrogens with one attached hydrogen (secondary N) is 1. The summed E-state index contributed by atoms with van der Waals surface area (Å²) < 4.78 is 5.84. The van der Waals surface area contributed by atoms with Crippen molar-refractivity contribution in [2.45, 2.75) is 70.4 Å². The molecule has 0 aromatic carbocycles. The quantitative estimate of drug-likeness (QED) is 0.641. The molecular weight excluding hydrogens is 198 g/mol. The molecule has 2 heteroatoms. The second-order valence-corrected chi connectivity index (χ2v) is 5.67. The van der Waals surface area contributed by atoms with Gasteiger partial charge in [-0.05, 0) is 45.1 Å². The van der Waals surface area contributed by atoms with Crippen LogP contribution in [0.25, 0.3) is 0 Å². The van der Waals surface area contributed by atoms with Crippen LogP contribution in [0, 0.1) is 5.92 Å². The summed E-state index contributed by atoms with van der Waals surface area (Å²) in [5.74, 6) is 1.04. The Morgan fingerprint density at radius 3 is 2.62 bits per heavy atom. The summed E-state index contributed by atoms with van der Waals surface area (Å²) in [4.78, 5) is 0. The molecule has 2 nitrogen and oxygen atoms in total. The molecule has 1 N–H and O–H groups in total. The maximum atomic E-state index is 5.84. The lowest BCUT2D eigenvalue weighted by Crippen LogP contribution is -2.28. The van der Waals surface area contributed by atoms with Crippen LogP contribution in [0.15, 0.2) is 0 Å². The molecule has 0 bridgehead atoms. The molecule has 94 valence electrons. The van der Waals surface area contributed by atoms with E-state index in [4.69, 9.17) is 4.74 Å². The Kier molecular flexibility index (Phi) is 5.11. The topological polar surface area (TPSA) is 21.3 Å². The summed E-state index contributed by atoms with van der Waals surface area (Å²) >= 11 is 0. The Balaban J connectivity index is 1.39. The number of rotatable bonds is 8. The van der Waals surface area contributed by atoms with Gasteiger partial charge in [-0.25, -0.2) is 0 Å². The highest BCUT2D eigenvalue weighted by Gasteiger charge is 2.23. The van der Waals surface area contributed by atoms with Crippen LogP contribution in [0.2, 0.25) is 0 Å². The molecule has 2 saturated carbocycles. The predicted molar refractivity (Wildman–Crippen MR) is 67.6 cm³/mol. The fourth-order valence-electron chi connectivity index (χ4n) is 2.66. The zero-order chi connectivity index (χ0) is 11.2. The monoisotopic (exact) mass is 225 g/mol. The van der Waals surface area contributed by atoms with Crippen molar-refractivity contribution in [2.75, 3.05) is 13.2 Å². The molecule has 0 saturated heterocycles. The number of ether oxygens (including phenoxy) is 1. The van der Waals surface area contributed by atoms with Gasteiger partial charge in [0.15, 0.2) is 0 Å². The fourth-order valence-corrected chi connectivity index (χ4v) is 2.66. The Morgan fingerprint density at radius 1 is 1.19 bits per heavy atom. The Labute approximate surface area is 100 Å². The zero-order valence-electron chi connectivity index (χ0n) is 10.7. The van der Waals surface area contributed by atoms with E-state index in [9.17, 15) is 0 Å². The molecule has 0 heterocycles. The van der Waals surface area contributed by atoms with Crippen molar-refractivity contribution in [1.29, 1.82) is 0 Å². The van der Waals surface area contributed by atoms with Crippen LogP contribution in [0.5, 0.6) is 0 Å². The Hall–Kier alpha value is -0.0800. The Bertz CT molecular complexity index is 185. The zero-order valence-corrected chi connectivity index (χ0v) is 10.7. The van der Waals surface area contributed by atoms with Crippen LogP contribution in [-0.4, -0.2) is 25.3 Å². The van der Waals surface area contributed by atoms with E-state index < -0.39 is 0 Å². The number of hydrogen-bond donors (Lipinski definition) is 1. The first-order chi connectivity index (χ1) is 7.84. The second-order valence-electron chi connectivity index (χ2n) is 5.67. The summed E-state index contributed by atoms with van der Waals surface area (Å²) in [6.45, 7) is 4.39. The molecule has 2 rings (SSSR count). The van der Waals surface area contributed by atoms with Gasteiger partial charge in [-0.2, -0.15) is 0 Å². The molecule has 0 amide bonds. The van der Waals surface area contributed by atoms with Gasteiger partial charge in [0, 0.05) is 12.6 Å². The van der Waals surface area contributed by atoms with Gasteiger partial charge >= 0.3 is 0 Å². The van der Waals surface area contributed by atoms with Crippen LogP contribution in [0.3, 0.4) is 0 Å². The first kappa shape index (κ1) is 12.4. The largest absolute Gasteiger partial charge is 0.378 e. The van der Waals surface area contributed by atoms with Gasteiger partial charge in [-0.1, -0.05) is 25.7 Å². The molecule has 0 aromatic heterocycles. The molecule has 16 heavy (non-hydrogen) atoms. The average Bonchev–Trinajstić information content (AvgIpc) is 2.93. The van der Waals surface area contributed by atoms with E-state index in [1.165, 1.54) is 51.4 Å². The normalized spacial score (nSPS) is 23.8. The first-order valence-corrected chi connectivity index (χ1v) is 7.19. The molecule has 1 unspecified atom stereocenters. The molecule has 2 fully saturated rings. The second kappa shape index (κ2) is 6.61. The van der Waals surface area contributed by atoms with Gasteiger partial charge in [-0.3, -0.25) is 0 Å². The minimum absolute atomic E-state index is 0.587. The van der Waals surface area contributed by atoms with Crippen molar-refractivity contribution >= 4 is 0 Å². The molecule has 2 aliphatic rings. The summed E-state index contributed by atoms with van der Waals surface area (Å²) in [6.07, 6.45) is 11.4. The van der Waals surface area contributed by atoms with Crippen molar-refractivity contribution in [3.8, 4) is 0 Å². The van der Waals surface area contributed by atoms with Crippen LogP contribution >= 0.6 is 0 Å². The van der Waals surface area contributed by atoms with Gasteiger partial charge in [0.05, 0.1) is 6.10 Å². The van der Waals surface area contributed by atoms with E-state index in [0.717, 1.165) is 19.1 Å². The third-order valence-corrected chi connectivity index (χ3v) is 3.85. The standard InChI is InChI=1S/C14H27NO/c1-12(11-13-7-8-13)15-9-4-10-16-14-5-2-3-6-14/h12-15H,2-11H2,1H3. The Morgan fingerprint density at radius 2 is 1.94 bits per heavy atom. The summed E-state index contributed by atoms with van der Waals surface area (Å²) in [7, 11) is 0. The fraction of sp³-hybridized carbons (Fsp3) is 1.00. The molecule has 2 aliphatic carbocycles. The van der Waals surface area contributed by atoms with E-state index in [0.29, 0.717) is 12.1 Å². The molecule has 1 atom stereocenters. The van der Waals surface area contributed by atoms with Crippen molar-refractivity contribution in [3.05, 3.63) is 0 Å². The minimum Gasteiger partial charge on any atom is -0.378 e. The van der Waals surface area contributed by atoms with Crippen LogP contribution < -0.4 is 5.32 Å². The van der Waals surface area contributed by atoms with Gasteiger partial charge in [0.1, 0.15) is 0 Å². The smallest absolute Gasteiger partial charge is 0.0575 e. The van der Waals surface area contributed by atoms with Crippen molar-refractivity contribution < 1.29 is 4.74 Å². The highest BCUT2D eigenvalue weighted by atomic mass is 16.5. The highest BCUT2D eigenvalue weighted by Crippen LogP contribution is 2.33. The SMILES string of the molecule is CC(CC1CC1)NCCCOC1CCCC1. The highest BCUT2D eigenvalue weighted by molar-refractivity contribution is 4.77. The maximum Gasteiger partial charge on any atom is 0.0575 e. The van der Waals surface area contributed by atoms with Crippen molar-refractivity contribution in [3.63, 3.8) is 0 Å². The van der Waals surface area contributed by atoms with E-state index in [-0.39, 0.29) is 0 Å². The summed E-state index contributed by atoms with van der Waals surface area (Å²) in [5.41, 5.74) is 0. The molecule has 0 spiro atoms. The van der Waals surface area contributed by atoms with Crippen LogP contribution in [0.1, 0.15) is 58.3 Å². The molecule has 0 aromatic rings. The van der Waals surface area contributed by atoms with E-state index in [2.05, 4.69) is 12.2 Å². The molecule has 0 radical (unpaired) electrons. The van der Waals surface area contributed by atoms with Gasteiger partial charge < -0.3 is 10.1 Å². The lowest BCUT2D eigenvalue weighted by Gasteiger charge is -2.14.